The summed E-state index contributed by atoms with van der Waals surface area (Å²) in [6.45, 7) is 7.20. The largest absolute Gasteiger partial charge is 0.351 e. The molecule has 8 heteroatoms. The third kappa shape index (κ3) is 2.67. The number of carbonyl (C=O) groups is 1. The fourth-order valence-electron chi connectivity index (χ4n) is 3.46. The predicted octanol–water partition coefficient (Wildman–Crippen LogP) is 1.16. The molecule has 1 aliphatic rings. The lowest BCUT2D eigenvalue weighted by atomic mass is 10.2. The Bertz CT molecular complexity index is 969. The van der Waals surface area contributed by atoms with Crippen LogP contribution in [0.25, 0.3) is 5.65 Å². The molecule has 1 aliphatic heterocycles. The summed E-state index contributed by atoms with van der Waals surface area (Å²) >= 11 is 0. The van der Waals surface area contributed by atoms with Crippen molar-refractivity contribution in [3.8, 4) is 0 Å². The molecule has 4 rings (SSSR count). The van der Waals surface area contributed by atoms with Gasteiger partial charge in [-0.1, -0.05) is 0 Å². The second kappa shape index (κ2) is 5.94. The Kier molecular flexibility index (Phi) is 3.74. The highest BCUT2D eigenvalue weighted by molar-refractivity contribution is 6.01. The van der Waals surface area contributed by atoms with Crippen molar-refractivity contribution in [3.63, 3.8) is 0 Å². The maximum absolute atomic E-state index is 12.7. The van der Waals surface area contributed by atoms with Crippen molar-refractivity contribution in [2.75, 3.05) is 6.54 Å². The van der Waals surface area contributed by atoms with Crippen LogP contribution in [0.15, 0.2) is 6.07 Å². The van der Waals surface area contributed by atoms with Gasteiger partial charge in [-0.25, -0.2) is 9.50 Å². The molecule has 0 spiro atoms. The zero-order valence-electron chi connectivity index (χ0n) is 14.7. The summed E-state index contributed by atoms with van der Waals surface area (Å²) in [6, 6.07) is 1.95. The molecule has 8 nitrogen and oxygen atoms in total. The first-order valence-corrected chi connectivity index (χ1v) is 8.57. The standard InChI is InChI=1S/C17H21N7O/c1-10-9-11(2)24-16(19-10)15(12(3)22-24)17(25)18-7-6-14-21-20-13-5-4-8-23(13)14/h9H,4-8H2,1-3H3,(H,18,25). The molecule has 0 aromatic carbocycles. The van der Waals surface area contributed by atoms with Crippen LogP contribution in [-0.4, -0.2) is 41.8 Å². The van der Waals surface area contributed by atoms with Crippen molar-refractivity contribution >= 4 is 11.6 Å². The summed E-state index contributed by atoms with van der Waals surface area (Å²) < 4.78 is 3.88. The number of amides is 1. The van der Waals surface area contributed by atoms with E-state index in [0.717, 1.165) is 42.4 Å². The normalized spacial score (nSPS) is 13.4. The molecule has 25 heavy (non-hydrogen) atoms. The fraction of sp³-hybridized carbons (Fsp3) is 0.471. The highest BCUT2D eigenvalue weighted by Gasteiger charge is 2.20. The van der Waals surface area contributed by atoms with Crippen LogP contribution in [0.3, 0.4) is 0 Å². The predicted molar refractivity (Wildman–Crippen MR) is 91.6 cm³/mol. The molecule has 3 aromatic rings. The number of aromatic nitrogens is 6. The molecule has 0 saturated heterocycles. The van der Waals surface area contributed by atoms with E-state index < -0.39 is 0 Å². The summed E-state index contributed by atoms with van der Waals surface area (Å²) in [4.78, 5) is 17.2. The van der Waals surface area contributed by atoms with Gasteiger partial charge in [0, 0.05) is 37.3 Å². The van der Waals surface area contributed by atoms with Crippen molar-refractivity contribution in [3.05, 3.63) is 40.4 Å². The summed E-state index contributed by atoms with van der Waals surface area (Å²) in [7, 11) is 0. The molecule has 3 aromatic heterocycles. The number of hydrogen-bond donors (Lipinski definition) is 1. The second-order valence-corrected chi connectivity index (χ2v) is 6.53. The van der Waals surface area contributed by atoms with Gasteiger partial charge in [0.25, 0.3) is 5.91 Å². The van der Waals surface area contributed by atoms with E-state index in [2.05, 4.69) is 30.2 Å². The van der Waals surface area contributed by atoms with Crippen LogP contribution in [0.5, 0.6) is 0 Å². The third-order valence-electron chi connectivity index (χ3n) is 4.62. The van der Waals surface area contributed by atoms with Gasteiger partial charge in [-0.2, -0.15) is 5.10 Å². The number of carbonyl (C=O) groups excluding carboxylic acids is 1. The summed E-state index contributed by atoms with van der Waals surface area (Å²) in [5.41, 5.74) is 3.66. The van der Waals surface area contributed by atoms with Crippen LogP contribution < -0.4 is 5.32 Å². The first-order valence-electron chi connectivity index (χ1n) is 8.57. The highest BCUT2D eigenvalue weighted by Crippen LogP contribution is 2.17. The molecule has 1 N–H and O–H groups in total. The zero-order chi connectivity index (χ0) is 17.6. The molecule has 1 amide bonds. The van der Waals surface area contributed by atoms with Crippen LogP contribution in [-0.2, 0) is 19.4 Å². The van der Waals surface area contributed by atoms with E-state index in [1.807, 2.05) is 26.8 Å². The van der Waals surface area contributed by atoms with E-state index in [1.165, 1.54) is 0 Å². The van der Waals surface area contributed by atoms with E-state index in [9.17, 15) is 4.79 Å². The molecule has 0 unspecified atom stereocenters. The minimum absolute atomic E-state index is 0.147. The van der Waals surface area contributed by atoms with E-state index in [4.69, 9.17) is 0 Å². The molecule has 0 radical (unpaired) electrons. The molecule has 0 saturated carbocycles. The van der Waals surface area contributed by atoms with Gasteiger partial charge in [-0.3, -0.25) is 4.79 Å². The molecule has 0 fully saturated rings. The van der Waals surface area contributed by atoms with Gasteiger partial charge >= 0.3 is 0 Å². The van der Waals surface area contributed by atoms with E-state index in [-0.39, 0.29) is 5.91 Å². The van der Waals surface area contributed by atoms with E-state index in [1.54, 1.807) is 4.52 Å². The van der Waals surface area contributed by atoms with Crippen LogP contribution in [0.2, 0.25) is 0 Å². The van der Waals surface area contributed by atoms with Crippen LogP contribution >= 0.6 is 0 Å². The highest BCUT2D eigenvalue weighted by atomic mass is 16.1. The lowest BCUT2D eigenvalue weighted by molar-refractivity contribution is 0.0954. The van der Waals surface area contributed by atoms with Gasteiger partial charge < -0.3 is 9.88 Å². The molecule has 130 valence electrons. The number of fused-ring (bicyclic) bond motifs is 2. The van der Waals surface area contributed by atoms with Gasteiger partial charge in [-0.15, -0.1) is 10.2 Å². The molecule has 0 bridgehead atoms. The molecule has 0 aliphatic carbocycles. The van der Waals surface area contributed by atoms with Gasteiger partial charge in [0.05, 0.1) is 5.69 Å². The van der Waals surface area contributed by atoms with Crippen LogP contribution in [0.4, 0.5) is 0 Å². The smallest absolute Gasteiger partial charge is 0.257 e. The number of nitrogens with one attached hydrogen (secondary N) is 1. The van der Waals surface area contributed by atoms with Crippen LogP contribution in [0.1, 0.15) is 45.5 Å². The van der Waals surface area contributed by atoms with Gasteiger partial charge in [-0.05, 0) is 33.3 Å². The average molecular weight is 339 g/mol. The number of aryl methyl sites for hydroxylation is 4. The number of rotatable bonds is 4. The van der Waals surface area contributed by atoms with E-state index >= 15 is 0 Å². The quantitative estimate of drug-likeness (QED) is 0.770. The third-order valence-corrected chi connectivity index (χ3v) is 4.62. The Hall–Kier alpha value is -2.77. The van der Waals surface area contributed by atoms with Crippen molar-refractivity contribution < 1.29 is 4.79 Å². The molecular formula is C17H21N7O. The summed E-state index contributed by atoms with van der Waals surface area (Å²) in [5.74, 6) is 1.84. The van der Waals surface area contributed by atoms with E-state index in [0.29, 0.717) is 29.9 Å². The minimum atomic E-state index is -0.147. The molecule has 0 atom stereocenters. The Balaban J connectivity index is 1.51. The molecule has 4 heterocycles. The maximum atomic E-state index is 12.7. The Labute approximate surface area is 145 Å². The van der Waals surface area contributed by atoms with Gasteiger partial charge in [0.2, 0.25) is 0 Å². The SMILES string of the molecule is Cc1cc(C)n2nc(C)c(C(=O)NCCc3nnc4n3CCC4)c2n1. The van der Waals surface area contributed by atoms with Gasteiger partial charge in [0.1, 0.15) is 17.2 Å². The lowest BCUT2D eigenvalue weighted by Gasteiger charge is -2.06. The van der Waals surface area contributed by atoms with Crippen molar-refractivity contribution in [2.24, 2.45) is 0 Å². The maximum Gasteiger partial charge on any atom is 0.257 e. The van der Waals surface area contributed by atoms with Crippen molar-refractivity contribution in [2.45, 2.75) is 46.6 Å². The Morgan fingerprint density at radius 1 is 1.28 bits per heavy atom. The Morgan fingerprint density at radius 3 is 2.96 bits per heavy atom. The second-order valence-electron chi connectivity index (χ2n) is 6.53. The average Bonchev–Trinajstić information content (AvgIpc) is 3.22. The summed E-state index contributed by atoms with van der Waals surface area (Å²) in [6.07, 6.45) is 2.78. The van der Waals surface area contributed by atoms with Gasteiger partial charge in [0.15, 0.2) is 5.65 Å². The molecular weight excluding hydrogens is 318 g/mol. The minimum Gasteiger partial charge on any atom is -0.351 e. The van der Waals surface area contributed by atoms with Crippen molar-refractivity contribution in [1.82, 2.24) is 34.7 Å². The zero-order valence-corrected chi connectivity index (χ0v) is 14.7. The summed E-state index contributed by atoms with van der Waals surface area (Å²) in [5, 5.41) is 15.8. The van der Waals surface area contributed by atoms with Crippen molar-refractivity contribution in [1.29, 1.82) is 0 Å². The number of hydrogen-bond acceptors (Lipinski definition) is 5. The number of nitrogens with zero attached hydrogens (tertiary/aromatic N) is 6. The Morgan fingerprint density at radius 2 is 2.12 bits per heavy atom. The topological polar surface area (TPSA) is 90.0 Å². The monoisotopic (exact) mass is 339 g/mol. The first-order chi connectivity index (χ1) is 12.0. The first kappa shape index (κ1) is 15.7. The lowest BCUT2D eigenvalue weighted by Crippen LogP contribution is -2.27. The fourth-order valence-corrected chi connectivity index (χ4v) is 3.46. The van der Waals surface area contributed by atoms with Crippen LogP contribution in [0, 0.1) is 20.8 Å².